The average molecular weight is 500 g/mol. The standard InChI is InChI=1S/C21H37N7O5S/c1-22-20(15-27(29)30)23-10-6-4-5-7-11-24-21(16-28(31)32)25-12-13-34-17-19-9-8-18(33-19)14-26(2)3/h8-9,15-16,22-25H,4-7,10-14,17H2,1-3H3. The number of thioether (sulfide) groups is 1. The number of hydrogen-bond acceptors (Lipinski definition) is 11. The summed E-state index contributed by atoms with van der Waals surface area (Å²) in [5.74, 6) is 4.18. The highest BCUT2D eigenvalue weighted by atomic mass is 32.2. The Balaban J connectivity index is 2.17. The molecule has 34 heavy (non-hydrogen) atoms. The van der Waals surface area contributed by atoms with E-state index < -0.39 is 9.85 Å². The highest BCUT2D eigenvalue weighted by Gasteiger charge is 2.05. The van der Waals surface area contributed by atoms with Gasteiger partial charge in [0, 0.05) is 32.4 Å². The van der Waals surface area contributed by atoms with Crippen molar-refractivity contribution >= 4 is 11.8 Å². The second-order valence-corrected chi connectivity index (χ2v) is 8.86. The normalized spacial score (nSPS) is 12.0. The second-order valence-electron chi connectivity index (χ2n) is 7.76. The van der Waals surface area contributed by atoms with Gasteiger partial charge in [0.25, 0.3) is 12.4 Å². The molecule has 4 N–H and O–H groups in total. The summed E-state index contributed by atoms with van der Waals surface area (Å²) in [6, 6.07) is 3.97. The summed E-state index contributed by atoms with van der Waals surface area (Å²) in [4.78, 5) is 22.4. The molecule has 0 aromatic carbocycles. The van der Waals surface area contributed by atoms with Gasteiger partial charge in [-0.2, -0.15) is 11.8 Å². The van der Waals surface area contributed by atoms with Crippen molar-refractivity contribution in [3.63, 3.8) is 0 Å². The van der Waals surface area contributed by atoms with Crippen LogP contribution in [0.4, 0.5) is 0 Å². The Morgan fingerprint density at radius 1 is 0.941 bits per heavy atom. The Kier molecular flexibility index (Phi) is 15.0. The van der Waals surface area contributed by atoms with E-state index in [1.165, 1.54) is 0 Å². The molecule has 0 saturated heterocycles. The Hall–Kier alpha value is -2.93. The summed E-state index contributed by atoms with van der Waals surface area (Å²) in [5.41, 5.74) is 0. The molecule has 1 heterocycles. The molecule has 1 aromatic heterocycles. The molecule has 0 amide bonds. The minimum Gasteiger partial charge on any atom is -0.464 e. The molecule has 0 aliphatic carbocycles. The van der Waals surface area contributed by atoms with E-state index in [1.807, 2.05) is 31.1 Å². The van der Waals surface area contributed by atoms with Crippen LogP contribution in [-0.4, -0.2) is 61.3 Å². The first-order valence-electron chi connectivity index (χ1n) is 11.2. The van der Waals surface area contributed by atoms with Crippen LogP contribution in [0.5, 0.6) is 0 Å². The van der Waals surface area contributed by atoms with Crippen LogP contribution in [0, 0.1) is 20.2 Å². The Bertz CT molecular complexity index is 798. The first-order valence-corrected chi connectivity index (χ1v) is 12.4. The molecule has 0 fully saturated rings. The lowest BCUT2D eigenvalue weighted by Crippen LogP contribution is -2.29. The van der Waals surface area contributed by atoms with Crippen LogP contribution < -0.4 is 21.3 Å². The van der Waals surface area contributed by atoms with Crippen molar-refractivity contribution in [1.29, 1.82) is 0 Å². The van der Waals surface area contributed by atoms with Crippen LogP contribution in [0.15, 0.2) is 40.6 Å². The lowest BCUT2D eigenvalue weighted by atomic mass is 10.2. The van der Waals surface area contributed by atoms with Crippen LogP contribution in [0.1, 0.15) is 37.2 Å². The van der Waals surface area contributed by atoms with Crippen LogP contribution >= 0.6 is 11.8 Å². The van der Waals surface area contributed by atoms with Gasteiger partial charge in [0.05, 0.1) is 22.1 Å². The molecule has 1 aromatic rings. The van der Waals surface area contributed by atoms with Gasteiger partial charge >= 0.3 is 0 Å². The predicted molar refractivity (Wildman–Crippen MR) is 134 cm³/mol. The first-order chi connectivity index (χ1) is 16.3. The van der Waals surface area contributed by atoms with Gasteiger partial charge in [-0.15, -0.1) is 0 Å². The quantitative estimate of drug-likeness (QED) is 0.119. The van der Waals surface area contributed by atoms with Gasteiger partial charge in [0.2, 0.25) is 0 Å². The maximum atomic E-state index is 10.9. The predicted octanol–water partition coefficient (Wildman–Crippen LogP) is 2.27. The maximum absolute atomic E-state index is 10.9. The van der Waals surface area contributed by atoms with Crippen molar-refractivity contribution in [2.45, 2.75) is 38.0 Å². The third-order valence-electron chi connectivity index (χ3n) is 4.47. The Labute approximate surface area is 204 Å². The minimum absolute atomic E-state index is 0.378. The molecule has 0 bridgehead atoms. The topological polar surface area (TPSA) is 151 Å². The zero-order chi connectivity index (χ0) is 25.2. The van der Waals surface area contributed by atoms with Gasteiger partial charge in [-0.3, -0.25) is 20.2 Å². The average Bonchev–Trinajstić information content (AvgIpc) is 3.19. The van der Waals surface area contributed by atoms with Gasteiger partial charge in [-0.25, -0.2) is 0 Å². The molecular weight excluding hydrogens is 462 g/mol. The number of nitrogens with zero attached hydrogens (tertiary/aromatic N) is 3. The van der Waals surface area contributed by atoms with Crippen LogP contribution in [0.25, 0.3) is 0 Å². The molecule has 0 unspecified atom stereocenters. The van der Waals surface area contributed by atoms with Gasteiger partial charge in [0.1, 0.15) is 11.5 Å². The summed E-state index contributed by atoms with van der Waals surface area (Å²) in [6.45, 7) is 2.62. The van der Waals surface area contributed by atoms with Gasteiger partial charge in [0.15, 0.2) is 11.6 Å². The maximum Gasteiger partial charge on any atom is 0.274 e. The number of furan rings is 1. The monoisotopic (exact) mass is 499 g/mol. The fourth-order valence-corrected chi connectivity index (χ4v) is 3.69. The van der Waals surface area contributed by atoms with E-state index in [0.29, 0.717) is 31.3 Å². The van der Waals surface area contributed by atoms with Gasteiger partial charge in [-0.1, -0.05) is 12.8 Å². The third-order valence-corrected chi connectivity index (χ3v) is 5.45. The Morgan fingerprint density at radius 2 is 1.50 bits per heavy atom. The van der Waals surface area contributed by atoms with Gasteiger partial charge in [-0.05, 0) is 39.1 Å². The molecule has 12 nitrogen and oxygen atoms in total. The summed E-state index contributed by atoms with van der Waals surface area (Å²) in [6.07, 6.45) is 5.49. The fraction of sp³-hybridized carbons (Fsp3) is 0.619. The van der Waals surface area contributed by atoms with Crippen molar-refractivity contribution in [1.82, 2.24) is 26.2 Å². The van der Waals surface area contributed by atoms with E-state index in [-0.39, 0.29) is 0 Å². The number of nitro groups is 2. The van der Waals surface area contributed by atoms with Crippen LogP contribution in [-0.2, 0) is 12.3 Å². The SMILES string of the molecule is CNC(=C[N+](=O)[O-])NCCCCCCNC(=C[N+](=O)[O-])NCCSCc1ccc(CN(C)C)o1. The van der Waals surface area contributed by atoms with Crippen molar-refractivity contribution < 1.29 is 14.3 Å². The molecule has 0 atom stereocenters. The van der Waals surface area contributed by atoms with Crippen molar-refractivity contribution in [3.05, 3.63) is 67.9 Å². The molecular formula is C21H37N7O5S. The molecule has 0 spiro atoms. The van der Waals surface area contributed by atoms with Crippen molar-refractivity contribution in [3.8, 4) is 0 Å². The summed E-state index contributed by atoms with van der Waals surface area (Å²) < 4.78 is 5.78. The van der Waals surface area contributed by atoms with E-state index in [9.17, 15) is 20.2 Å². The number of rotatable bonds is 20. The highest BCUT2D eigenvalue weighted by Crippen LogP contribution is 2.16. The zero-order valence-corrected chi connectivity index (χ0v) is 21.0. The first kappa shape index (κ1) is 29.1. The van der Waals surface area contributed by atoms with Gasteiger partial charge < -0.3 is 30.6 Å². The van der Waals surface area contributed by atoms with Crippen LogP contribution in [0.3, 0.4) is 0 Å². The lowest BCUT2D eigenvalue weighted by molar-refractivity contribution is -0.404. The summed E-state index contributed by atoms with van der Waals surface area (Å²) >= 11 is 1.70. The molecule has 0 aliphatic heterocycles. The minimum atomic E-state index is -0.506. The van der Waals surface area contributed by atoms with Crippen molar-refractivity contribution in [2.24, 2.45) is 0 Å². The van der Waals surface area contributed by atoms with E-state index in [1.54, 1.807) is 18.8 Å². The zero-order valence-electron chi connectivity index (χ0n) is 20.2. The number of nitrogens with one attached hydrogen (secondary N) is 4. The highest BCUT2D eigenvalue weighted by molar-refractivity contribution is 7.98. The van der Waals surface area contributed by atoms with E-state index in [4.69, 9.17) is 4.42 Å². The lowest BCUT2D eigenvalue weighted by Gasteiger charge is -2.11. The summed E-state index contributed by atoms with van der Waals surface area (Å²) in [5, 5.41) is 33.2. The van der Waals surface area contributed by atoms with E-state index in [2.05, 4.69) is 21.3 Å². The molecule has 0 radical (unpaired) electrons. The molecule has 0 aliphatic rings. The molecule has 192 valence electrons. The molecule has 1 rings (SSSR count). The van der Waals surface area contributed by atoms with Crippen molar-refractivity contribution in [2.75, 3.05) is 46.5 Å². The number of hydrogen-bond donors (Lipinski definition) is 4. The second kappa shape index (κ2) is 17.5. The third kappa shape index (κ3) is 15.0. The van der Waals surface area contributed by atoms with E-state index in [0.717, 1.165) is 67.7 Å². The molecule has 0 saturated carbocycles. The van der Waals surface area contributed by atoms with E-state index >= 15 is 0 Å². The largest absolute Gasteiger partial charge is 0.464 e. The smallest absolute Gasteiger partial charge is 0.274 e. The fourth-order valence-electron chi connectivity index (χ4n) is 2.94. The van der Waals surface area contributed by atoms with Crippen LogP contribution in [0.2, 0.25) is 0 Å². The Morgan fingerprint density at radius 3 is 2.09 bits per heavy atom. The molecule has 13 heteroatoms. The summed E-state index contributed by atoms with van der Waals surface area (Å²) in [7, 11) is 5.61. The number of unbranched alkanes of at least 4 members (excludes halogenated alkanes) is 3.